The molecule has 0 heterocycles. The average Bonchev–Trinajstić information content (AvgIpc) is 3.05. The van der Waals surface area contributed by atoms with Crippen LogP contribution in [0.3, 0.4) is 0 Å². The number of rotatable bonds is 6. The second-order valence-electron chi connectivity index (χ2n) is 9.51. The van der Waals surface area contributed by atoms with E-state index in [2.05, 4.69) is 20.5 Å². The van der Waals surface area contributed by atoms with Crippen molar-refractivity contribution in [3.8, 4) is 23.0 Å². The van der Waals surface area contributed by atoms with Crippen molar-refractivity contribution in [1.82, 2.24) is 0 Å². The molecule has 0 radical (unpaired) electrons. The third-order valence-electron chi connectivity index (χ3n) is 6.57. The van der Waals surface area contributed by atoms with Crippen LogP contribution in [0.1, 0.15) is 0 Å². The maximum atomic E-state index is 12.0. The Morgan fingerprint density at radius 1 is 0.511 bits per heavy atom. The summed E-state index contributed by atoms with van der Waals surface area (Å²) < 4.78 is 0. The Morgan fingerprint density at radius 2 is 0.957 bits per heavy atom. The van der Waals surface area contributed by atoms with Gasteiger partial charge in [-0.05, 0) is 22.9 Å². The van der Waals surface area contributed by atoms with Gasteiger partial charge in [-0.15, -0.1) is 5.11 Å². The van der Waals surface area contributed by atoms with Gasteiger partial charge < -0.3 is 20.4 Å². The van der Waals surface area contributed by atoms with Gasteiger partial charge in [-0.2, -0.15) is 15.3 Å². The van der Waals surface area contributed by atoms with Crippen LogP contribution in [-0.2, 0) is 17.4 Å². The van der Waals surface area contributed by atoms with Gasteiger partial charge in [0.25, 0.3) is 11.4 Å². The van der Waals surface area contributed by atoms with E-state index in [1.807, 2.05) is 24.3 Å². The third-order valence-corrected chi connectivity index (χ3v) is 6.57. The maximum Gasteiger partial charge on any atom is 0.273 e. The van der Waals surface area contributed by atoms with Crippen LogP contribution < -0.4 is 15.3 Å². The quantitative estimate of drug-likeness (QED) is 0.108. The number of nitro groups is 2. The summed E-state index contributed by atoms with van der Waals surface area (Å²) in [7, 11) is 0. The Kier molecular flexibility index (Phi) is 10.4. The first-order valence-corrected chi connectivity index (χ1v) is 13.3. The van der Waals surface area contributed by atoms with Gasteiger partial charge in [0.1, 0.15) is 11.4 Å². The number of non-ortho nitro benzene ring substituents is 2. The standard InChI is InChI=1S/2C16H11N3O4.Cr/c2*20-14-8-5-10-3-1-2-4-12(10)16(14)18-17-13-7-6-11(19(22)23)9-15(13)21;/h2*1-9,20-21H;/p-3. The fraction of sp³-hybridized carbons (Fsp3) is 0. The van der Waals surface area contributed by atoms with Gasteiger partial charge in [0, 0.05) is 46.3 Å². The fourth-order valence-corrected chi connectivity index (χ4v) is 4.29. The van der Waals surface area contributed by atoms with E-state index in [1.165, 1.54) is 30.3 Å². The second kappa shape index (κ2) is 14.6. The van der Waals surface area contributed by atoms with Crippen molar-refractivity contribution >= 4 is 55.7 Å². The SMILES string of the molecule is O=[N+]([O-])c1ccc(N=Nc2c([O-])ccc3ccccc23)c(O)c1.O=[N+]([O-])c1ccc(N=Nc2c([O-])ccc3ccccc23)c([O-])c1.[Cr]. The zero-order chi connectivity index (χ0) is 32.8. The van der Waals surface area contributed by atoms with Crippen LogP contribution in [0.5, 0.6) is 23.0 Å². The van der Waals surface area contributed by atoms with Gasteiger partial charge in [0.2, 0.25) is 0 Å². The number of hydrogen-bond acceptors (Lipinski definition) is 12. The van der Waals surface area contributed by atoms with Crippen LogP contribution in [0.4, 0.5) is 34.1 Å². The summed E-state index contributed by atoms with van der Waals surface area (Å²) in [5.74, 6) is -1.62. The number of aromatic hydroxyl groups is 1. The van der Waals surface area contributed by atoms with E-state index < -0.39 is 15.6 Å². The summed E-state index contributed by atoms with van der Waals surface area (Å²) in [6.07, 6.45) is 0. The molecule has 14 nitrogen and oxygen atoms in total. The Morgan fingerprint density at radius 3 is 1.43 bits per heavy atom. The molecule has 0 atom stereocenters. The van der Waals surface area contributed by atoms with Gasteiger partial charge in [-0.25, -0.2) is 0 Å². The first-order chi connectivity index (χ1) is 22.1. The molecule has 47 heavy (non-hydrogen) atoms. The molecule has 234 valence electrons. The summed E-state index contributed by atoms with van der Waals surface area (Å²) >= 11 is 0. The predicted octanol–water partition coefficient (Wildman–Crippen LogP) is 7.25. The molecule has 0 bridgehead atoms. The molecular formula is C32H19CrN6O8-3. The first kappa shape index (κ1) is 33.5. The zero-order valence-corrected chi connectivity index (χ0v) is 25.1. The van der Waals surface area contributed by atoms with E-state index in [0.717, 1.165) is 29.0 Å². The van der Waals surface area contributed by atoms with Crippen LogP contribution in [-0.4, -0.2) is 15.0 Å². The summed E-state index contributed by atoms with van der Waals surface area (Å²) in [4.78, 5) is 20.0. The second-order valence-corrected chi connectivity index (χ2v) is 9.51. The number of phenolic OH excluding ortho intramolecular Hbond substituents is 1. The van der Waals surface area contributed by atoms with Crippen molar-refractivity contribution in [3.05, 3.63) is 129 Å². The van der Waals surface area contributed by atoms with Crippen molar-refractivity contribution in [2.75, 3.05) is 0 Å². The molecule has 0 amide bonds. The van der Waals surface area contributed by atoms with E-state index in [1.54, 1.807) is 36.4 Å². The molecule has 6 aromatic carbocycles. The minimum Gasteiger partial charge on any atom is -0.871 e. The number of nitrogens with zero attached hydrogens (tertiary/aromatic N) is 6. The molecule has 0 aliphatic carbocycles. The number of hydrogen-bond donors (Lipinski definition) is 1. The molecule has 0 aliphatic rings. The number of azo groups is 2. The smallest absolute Gasteiger partial charge is 0.273 e. The minimum atomic E-state index is -0.664. The van der Waals surface area contributed by atoms with Crippen molar-refractivity contribution in [3.63, 3.8) is 0 Å². The van der Waals surface area contributed by atoms with E-state index in [9.17, 15) is 40.7 Å². The van der Waals surface area contributed by atoms with E-state index in [-0.39, 0.29) is 68.7 Å². The molecule has 15 heteroatoms. The topological polar surface area (TPSA) is 225 Å². The molecule has 0 saturated heterocycles. The minimum absolute atomic E-state index is 0. The molecule has 1 N–H and O–H groups in total. The number of phenols is 1. The van der Waals surface area contributed by atoms with Crippen molar-refractivity contribution < 1.29 is 47.6 Å². The van der Waals surface area contributed by atoms with Crippen LogP contribution in [0, 0.1) is 20.2 Å². The predicted molar refractivity (Wildman–Crippen MR) is 162 cm³/mol. The van der Waals surface area contributed by atoms with E-state index >= 15 is 0 Å². The molecular weight excluding hydrogens is 648 g/mol. The van der Waals surface area contributed by atoms with Crippen LogP contribution >= 0.6 is 0 Å². The summed E-state index contributed by atoms with van der Waals surface area (Å²) in [5.41, 5.74) is -0.313. The molecule has 0 unspecified atom stereocenters. The van der Waals surface area contributed by atoms with Gasteiger partial charge in [0.05, 0.1) is 33.0 Å². The van der Waals surface area contributed by atoms with Crippen molar-refractivity contribution in [1.29, 1.82) is 0 Å². The molecule has 6 rings (SSSR count). The fourth-order valence-electron chi connectivity index (χ4n) is 4.29. The number of fused-ring (bicyclic) bond motifs is 2. The van der Waals surface area contributed by atoms with E-state index in [0.29, 0.717) is 10.8 Å². The number of nitro benzene ring substituents is 2. The first-order valence-electron chi connectivity index (χ1n) is 13.3. The maximum absolute atomic E-state index is 12.0. The van der Waals surface area contributed by atoms with Gasteiger partial charge in [-0.3, -0.25) is 20.2 Å². The Hall–Kier alpha value is -6.43. The molecule has 0 spiro atoms. The molecule has 0 saturated carbocycles. The van der Waals surface area contributed by atoms with Crippen LogP contribution in [0.25, 0.3) is 21.5 Å². The molecule has 0 aromatic heterocycles. The molecule has 6 aromatic rings. The summed E-state index contributed by atoms with van der Waals surface area (Å²) in [6.45, 7) is 0. The molecule has 0 aliphatic heterocycles. The van der Waals surface area contributed by atoms with Crippen molar-refractivity contribution in [2.24, 2.45) is 20.5 Å². The zero-order valence-electron chi connectivity index (χ0n) is 23.8. The van der Waals surface area contributed by atoms with Gasteiger partial charge in [-0.1, -0.05) is 90.0 Å². The Balaban J connectivity index is 0.000000208. The summed E-state index contributed by atoms with van der Waals surface area (Å²) in [5, 5.41) is 85.1. The monoisotopic (exact) mass is 667 g/mol. The third kappa shape index (κ3) is 7.63. The normalized spacial score (nSPS) is 10.9. The van der Waals surface area contributed by atoms with Crippen LogP contribution in [0.15, 0.2) is 130 Å². The molecule has 0 fully saturated rings. The van der Waals surface area contributed by atoms with Crippen LogP contribution in [0.2, 0.25) is 0 Å². The van der Waals surface area contributed by atoms with Gasteiger partial charge in [0.15, 0.2) is 0 Å². The largest absolute Gasteiger partial charge is 0.871 e. The Labute approximate surface area is 275 Å². The van der Waals surface area contributed by atoms with E-state index in [4.69, 9.17) is 0 Å². The van der Waals surface area contributed by atoms with Gasteiger partial charge >= 0.3 is 0 Å². The van der Waals surface area contributed by atoms with Crippen molar-refractivity contribution in [2.45, 2.75) is 0 Å². The Bertz CT molecular complexity index is 2040. The summed E-state index contributed by atoms with van der Waals surface area (Å²) in [6, 6.07) is 27.2. The average molecular weight is 668 g/mol. The number of benzene rings is 6.